The second-order valence-corrected chi connectivity index (χ2v) is 5.18. The molecule has 2 rings (SSSR count). The Labute approximate surface area is 120 Å². The summed E-state index contributed by atoms with van der Waals surface area (Å²) in [5.74, 6) is 0.869. The Kier molecular flexibility index (Phi) is 5.38. The van der Waals surface area contributed by atoms with Gasteiger partial charge in [0.15, 0.2) is 0 Å². The lowest BCUT2D eigenvalue weighted by atomic mass is 10.2. The lowest BCUT2D eigenvalue weighted by Crippen LogP contribution is -2.51. The molecule has 1 unspecified atom stereocenters. The minimum atomic E-state index is 0.0602. The molecular weight excluding hydrogens is 254 g/mol. The zero-order chi connectivity index (χ0) is 14.4. The van der Waals surface area contributed by atoms with Gasteiger partial charge < -0.3 is 15.4 Å². The van der Waals surface area contributed by atoms with Gasteiger partial charge in [-0.25, -0.2) is 0 Å². The van der Waals surface area contributed by atoms with E-state index < -0.39 is 0 Å². The summed E-state index contributed by atoms with van der Waals surface area (Å²) in [5, 5.41) is 6.32. The highest BCUT2D eigenvalue weighted by molar-refractivity contribution is 5.78. The van der Waals surface area contributed by atoms with Crippen LogP contribution in [0.5, 0.6) is 5.75 Å². The topological polar surface area (TPSA) is 53.6 Å². The van der Waals surface area contributed by atoms with Gasteiger partial charge in [0.2, 0.25) is 5.91 Å². The van der Waals surface area contributed by atoms with Crippen molar-refractivity contribution in [3.05, 3.63) is 29.8 Å². The summed E-state index contributed by atoms with van der Waals surface area (Å²) in [6.07, 6.45) is 0. The van der Waals surface area contributed by atoms with E-state index in [2.05, 4.69) is 22.5 Å². The Hall–Kier alpha value is -1.59. The zero-order valence-electron chi connectivity index (χ0n) is 12.2. The van der Waals surface area contributed by atoms with Crippen molar-refractivity contribution in [1.29, 1.82) is 0 Å². The normalized spacial score (nSPS) is 19.6. The number of benzene rings is 1. The fourth-order valence-corrected chi connectivity index (χ4v) is 2.46. The summed E-state index contributed by atoms with van der Waals surface area (Å²) in [6.45, 7) is 5.89. The largest absolute Gasteiger partial charge is 0.496 e. The fourth-order valence-electron chi connectivity index (χ4n) is 2.46. The van der Waals surface area contributed by atoms with Crippen LogP contribution in [-0.4, -0.2) is 50.1 Å². The molecule has 1 aromatic carbocycles. The van der Waals surface area contributed by atoms with Crippen molar-refractivity contribution in [3.8, 4) is 5.75 Å². The summed E-state index contributed by atoms with van der Waals surface area (Å²) < 4.78 is 5.27. The van der Waals surface area contributed by atoms with Gasteiger partial charge in [0.05, 0.1) is 13.7 Å². The first kappa shape index (κ1) is 14.8. The Morgan fingerprint density at radius 1 is 1.50 bits per heavy atom. The van der Waals surface area contributed by atoms with Gasteiger partial charge >= 0.3 is 0 Å². The number of carbonyl (C=O) groups excluding carboxylic acids is 1. The summed E-state index contributed by atoms with van der Waals surface area (Å²) in [6, 6.07) is 8.19. The number of piperazine rings is 1. The number of amides is 1. The number of hydrogen-bond donors (Lipinski definition) is 2. The number of hydrogen-bond acceptors (Lipinski definition) is 4. The van der Waals surface area contributed by atoms with Crippen LogP contribution >= 0.6 is 0 Å². The van der Waals surface area contributed by atoms with E-state index in [1.165, 1.54) is 0 Å². The molecule has 110 valence electrons. The molecule has 1 fully saturated rings. The molecule has 20 heavy (non-hydrogen) atoms. The van der Waals surface area contributed by atoms with E-state index in [1.54, 1.807) is 7.11 Å². The number of nitrogens with zero attached hydrogens (tertiary/aromatic N) is 1. The van der Waals surface area contributed by atoms with Crippen LogP contribution in [0.3, 0.4) is 0 Å². The molecule has 0 aromatic heterocycles. The minimum absolute atomic E-state index is 0.0602. The third-order valence-corrected chi connectivity index (χ3v) is 3.49. The number of para-hydroxylation sites is 1. The zero-order valence-corrected chi connectivity index (χ0v) is 12.2. The van der Waals surface area contributed by atoms with Crippen molar-refractivity contribution in [2.24, 2.45) is 0 Å². The van der Waals surface area contributed by atoms with Crippen LogP contribution in [-0.2, 0) is 11.3 Å². The molecule has 1 aliphatic heterocycles. The monoisotopic (exact) mass is 277 g/mol. The first-order chi connectivity index (χ1) is 9.69. The molecule has 1 saturated heterocycles. The second kappa shape index (κ2) is 7.26. The molecular formula is C15H23N3O2. The predicted octanol–water partition coefficient (Wildman–Crippen LogP) is 0.605. The van der Waals surface area contributed by atoms with E-state index in [4.69, 9.17) is 4.74 Å². The molecule has 1 heterocycles. The molecule has 5 heteroatoms. The first-order valence-corrected chi connectivity index (χ1v) is 7.03. The van der Waals surface area contributed by atoms with Gasteiger partial charge in [-0.05, 0) is 13.0 Å². The van der Waals surface area contributed by atoms with Crippen LogP contribution in [0.1, 0.15) is 12.5 Å². The maximum absolute atomic E-state index is 12.0. The van der Waals surface area contributed by atoms with Crippen LogP contribution in [0.2, 0.25) is 0 Å². The molecule has 2 N–H and O–H groups in total. The van der Waals surface area contributed by atoms with Crippen molar-refractivity contribution in [2.75, 3.05) is 33.3 Å². The molecule has 0 spiro atoms. The first-order valence-electron chi connectivity index (χ1n) is 7.03. The van der Waals surface area contributed by atoms with Crippen molar-refractivity contribution in [1.82, 2.24) is 15.5 Å². The van der Waals surface area contributed by atoms with Gasteiger partial charge in [0.1, 0.15) is 5.75 Å². The fraction of sp³-hybridized carbons (Fsp3) is 0.533. The summed E-state index contributed by atoms with van der Waals surface area (Å²) in [7, 11) is 1.64. The Balaban J connectivity index is 1.80. The Morgan fingerprint density at radius 2 is 2.30 bits per heavy atom. The molecule has 5 nitrogen and oxygen atoms in total. The van der Waals surface area contributed by atoms with E-state index >= 15 is 0 Å². The van der Waals surface area contributed by atoms with Crippen molar-refractivity contribution < 1.29 is 9.53 Å². The lowest BCUT2D eigenvalue weighted by Gasteiger charge is -2.31. The molecule has 0 saturated carbocycles. The third kappa shape index (κ3) is 4.21. The van der Waals surface area contributed by atoms with E-state index in [1.807, 2.05) is 24.3 Å². The van der Waals surface area contributed by atoms with Crippen molar-refractivity contribution in [3.63, 3.8) is 0 Å². The third-order valence-electron chi connectivity index (χ3n) is 3.49. The molecule has 0 bridgehead atoms. The average molecular weight is 277 g/mol. The number of nitrogens with one attached hydrogen (secondary N) is 2. The van der Waals surface area contributed by atoms with Crippen LogP contribution in [0.4, 0.5) is 0 Å². The van der Waals surface area contributed by atoms with Gasteiger partial charge in [0.25, 0.3) is 0 Å². The average Bonchev–Trinajstić information content (AvgIpc) is 2.45. The van der Waals surface area contributed by atoms with Crippen molar-refractivity contribution >= 4 is 5.91 Å². The molecule has 1 aliphatic rings. The van der Waals surface area contributed by atoms with E-state index in [9.17, 15) is 4.79 Å². The summed E-state index contributed by atoms with van der Waals surface area (Å²) in [5.41, 5.74) is 0.997. The van der Waals surface area contributed by atoms with Gasteiger partial charge in [-0.3, -0.25) is 9.69 Å². The molecule has 1 amide bonds. The SMILES string of the molecule is COc1ccccc1CNC(=O)CN1CCNC(C)C1. The van der Waals surface area contributed by atoms with Crippen molar-refractivity contribution in [2.45, 2.75) is 19.5 Å². The van der Waals surface area contributed by atoms with Gasteiger partial charge in [-0.2, -0.15) is 0 Å². The molecule has 0 radical (unpaired) electrons. The number of methoxy groups -OCH3 is 1. The number of carbonyl (C=O) groups is 1. The second-order valence-electron chi connectivity index (χ2n) is 5.18. The maximum atomic E-state index is 12.0. The van der Waals surface area contributed by atoms with Crippen LogP contribution in [0.15, 0.2) is 24.3 Å². The predicted molar refractivity (Wildman–Crippen MR) is 78.7 cm³/mol. The Morgan fingerprint density at radius 3 is 3.05 bits per heavy atom. The van der Waals surface area contributed by atoms with Gasteiger partial charge in [-0.1, -0.05) is 18.2 Å². The highest BCUT2D eigenvalue weighted by atomic mass is 16.5. The van der Waals surface area contributed by atoms with E-state index in [0.717, 1.165) is 30.9 Å². The van der Waals surface area contributed by atoms with Gasteiger partial charge in [0, 0.05) is 37.8 Å². The van der Waals surface area contributed by atoms with E-state index in [-0.39, 0.29) is 5.91 Å². The minimum Gasteiger partial charge on any atom is -0.496 e. The Bertz CT molecular complexity index is 450. The summed E-state index contributed by atoms with van der Waals surface area (Å²) >= 11 is 0. The summed E-state index contributed by atoms with van der Waals surface area (Å²) in [4.78, 5) is 14.2. The highest BCUT2D eigenvalue weighted by Crippen LogP contribution is 2.16. The molecule has 1 atom stereocenters. The highest BCUT2D eigenvalue weighted by Gasteiger charge is 2.17. The van der Waals surface area contributed by atoms with Crippen LogP contribution in [0, 0.1) is 0 Å². The van der Waals surface area contributed by atoms with Crippen LogP contribution in [0.25, 0.3) is 0 Å². The van der Waals surface area contributed by atoms with Crippen LogP contribution < -0.4 is 15.4 Å². The number of rotatable bonds is 5. The maximum Gasteiger partial charge on any atom is 0.234 e. The van der Waals surface area contributed by atoms with Gasteiger partial charge in [-0.15, -0.1) is 0 Å². The molecule has 1 aromatic rings. The smallest absolute Gasteiger partial charge is 0.234 e. The quantitative estimate of drug-likeness (QED) is 0.828. The lowest BCUT2D eigenvalue weighted by molar-refractivity contribution is -0.122. The number of ether oxygens (including phenoxy) is 1. The van der Waals surface area contributed by atoms with E-state index in [0.29, 0.717) is 19.1 Å². The molecule has 0 aliphatic carbocycles. The standard InChI is InChI=1S/C15H23N3O2/c1-12-10-18(8-7-16-12)11-15(19)17-9-13-5-3-4-6-14(13)20-2/h3-6,12,16H,7-11H2,1-2H3,(H,17,19).